The molecule has 1 atom stereocenters. The Morgan fingerprint density at radius 2 is 2.04 bits per heavy atom. The highest BCUT2D eigenvalue weighted by molar-refractivity contribution is 6.03. The first-order valence-electron chi connectivity index (χ1n) is 8.36. The molecule has 0 aliphatic carbocycles. The summed E-state index contributed by atoms with van der Waals surface area (Å²) in [4.78, 5) is 26.7. The number of hydrogen-bond donors (Lipinski definition) is 2. The Labute approximate surface area is 159 Å². The first-order chi connectivity index (χ1) is 11.9. The van der Waals surface area contributed by atoms with Crippen LogP contribution in [0.4, 0.5) is 5.69 Å². The van der Waals surface area contributed by atoms with Crippen LogP contribution in [0.5, 0.6) is 0 Å². The number of amides is 2. The van der Waals surface area contributed by atoms with Crippen molar-refractivity contribution in [2.75, 3.05) is 18.4 Å². The number of carbonyl (C=O) groups excluding carboxylic acids is 2. The fraction of sp³-hybridized carbons (Fsp3) is 0.368. The molecule has 2 amide bonds. The second kappa shape index (κ2) is 7.93. The zero-order chi connectivity index (χ0) is 18.0. The summed E-state index contributed by atoms with van der Waals surface area (Å²) in [6, 6.07) is 10.3. The van der Waals surface area contributed by atoms with Crippen molar-refractivity contribution < 1.29 is 14.0 Å². The summed E-state index contributed by atoms with van der Waals surface area (Å²) in [5.74, 6) is -0.169. The van der Waals surface area contributed by atoms with Crippen molar-refractivity contribution in [3.8, 4) is 0 Å². The summed E-state index contributed by atoms with van der Waals surface area (Å²) in [6.45, 7) is 5.43. The Hall–Kier alpha value is -2.31. The molecule has 1 fully saturated rings. The molecule has 1 aromatic heterocycles. The lowest BCUT2D eigenvalue weighted by molar-refractivity contribution is 0.0533. The number of furan rings is 1. The first kappa shape index (κ1) is 20.0. The number of piperidine rings is 1. The summed E-state index contributed by atoms with van der Waals surface area (Å²) >= 11 is 0. The number of nitrogens with zero attached hydrogens (tertiary/aromatic N) is 1. The minimum atomic E-state index is -0.348. The van der Waals surface area contributed by atoms with E-state index in [0.717, 1.165) is 6.42 Å². The fourth-order valence-corrected chi connectivity index (χ4v) is 3.06. The molecule has 1 aliphatic rings. The Morgan fingerprint density at radius 3 is 2.69 bits per heavy atom. The number of anilines is 1. The molecule has 7 heteroatoms. The highest BCUT2D eigenvalue weighted by Crippen LogP contribution is 2.28. The highest BCUT2D eigenvalue weighted by Gasteiger charge is 2.35. The molecule has 0 radical (unpaired) electrons. The van der Waals surface area contributed by atoms with E-state index < -0.39 is 0 Å². The number of nitrogens with one attached hydrogen (secondary N) is 1. The van der Waals surface area contributed by atoms with Crippen LogP contribution >= 0.6 is 12.4 Å². The molecule has 140 valence electrons. The van der Waals surface area contributed by atoms with Crippen LogP contribution in [-0.4, -0.2) is 35.8 Å². The monoisotopic (exact) mass is 377 g/mol. The average Bonchev–Trinajstić information content (AvgIpc) is 3.11. The lowest BCUT2D eigenvalue weighted by Crippen LogP contribution is -2.54. The molecule has 1 aliphatic heterocycles. The minimum absolute atomic E-state index is 0. The number of halogens is 1. The highest BCUT2D eigenvalue weighted by atomic mass is 35.5. The van der Waals surface area contributed by atoms with Crippen LogP contribution in [0.2, 0.25) is 0 Å². The van der Waals surface area contributed by atoms with E-state index in [9.17, 15) is 9.59 Å². The van der Waals surface area contributed by atoms with Crippen molar-refractivity contribution in [1.29, 1.82) is 0 Å². The summed E-state index contributed by atoms with van der Waals surface area (Å²) in [6.07, 6.45) is 2.23. The van der Waals surface area contributed by atoms with E-state index in [0.29, 0.717) is 24.3 Å². The van der Waals surface area contributed by atoms with E-state index in [1.54, 1.807) is 36.4 Å². The Morgan fingerprint density at radius 1 is 1.27 bits per heavy atom. The Kier molecular flexibility index (Phi) is 6.10. The number of hydrogen-bond acceptors (Lipinski definition) is 4. The van der Waals surface area contributed by atoms with Crippen molar-refractivity contribution >= 4 is 29.9 Å². The number of nitrogens with two attached hydrogens (primary N) is 1. The third-order valence-electron chi connectivity index (χ3n) is 4.71. The van der Waals surface area contributed by atoms with Gasteiger partial charge in [-0.05, 0) is 42.2 Å². The van der Waals surface area contributed by atoms with Gasteiger partial charge in [0.15, 0.2) is 5.76 Å². The molecule has 0 saturated carbocycles. The van der Waals surface area contributed by atoms with Gasteiger partial charge >= 0.3 is 0 Å². The van der Waals surface area contributed by atoms with Gasteiger partial charge in [-0.2, -0.15) is 0 Å². The molecular weight excluding hydrogens is 354 g/mol. The van der Waals surface area contributed by atoms with Gasteiger partial charge in [-0.1, -0.05) is 19.9 Å². The quantitative estimate of drug-likeness (QED) is 0.859. The molecule has 2 heterocycles. The number of likely N-dealkylation sites (tertiary alicyclic amines) is 1. The molecule has 3 N–H and O–H groups in total. The second-order valence-corrected chi connectivity index (χ2v) is 7.12. The van der Waals surface area contributed by atoms with E-state index in [-0.39, 0.29) is 41.4 Å². The maximum atomic E-state index is 12.8. The van der Waals surface area contributed by atoms with E-state index in [1.807, 2.05) is 4.90 Å². The maximum absolute atomic E-state index is 12.8. The smallest absolute Gasteiger partial charge is 0.291 e. The van der Waals surface area contributed by atoms with E-state index >= 15 is 0 Å². The van der Waals surface area contributed by atoms with Crippen LogP contribution in [0, 0.1) is 5.41 Å². The van der Waals surface area contributed by atoms with E-state index in [4.69, 9.17) is 10.2 Å². The third kappa shape index (κ3) is 4.26. The molecule has 0 spiro atoms. The third-order valence-corrected chi connectivity index (χ3v) is 4.71. The summed E-state index contributed by atoms with van der Waals surface area (Å²) in [5.41, 5.74) is 7.13. The van der Waals surface area contributed by atoms with Gasteiger partial charge in [0.25, 0.3) is 11.8 Å². The molecule has 3 rings (SSSR count). The lowest BCUT2D eigenvalue weighted by atomic mass is 9.79. The lowest BCUT2D eigenvalue weighted by Gasteiger charge is -2.42. The summed E-state index contributed by atoms with van der Waals surface area (Å²) < 4.78 is 5.07. The molecule has 2 aromatic rings. The fourth-order valence-electron chi connectivity index (χ4n) is 3.06. The van der Waals surface area contributed by atoms with Crippen LogP contribution in [0.25, 0.3) is 0 Å². The Bertz CT molecular complexity index is 774. The predicted molar refractivity (Wildman–Crippen MR) is 103 cm³/mol. The number of benzene rings is 1. The van der Waals surface area contributed by atoms with Crippen LogP contribution < -0.4 is 11.1 Å². The minimum Gasteiger partial charge on any atom is -0.459 e. The molecule has 26 heavy (non-hydrogen) atoms. The van der Waals surface area contributed by atoms with Crippen molar-refractivity contribution in [1.82, 2.24) is 4.90 Å². The van der Waals surface area contributed by atoms with Crippen molar-refractivity contribution in [2.45, 2.75) is 26.3 Å². The normalized spacial score (nSPS) is 18.7. The topological polar surface area (TPSA) is 88.6 Å². The zero-order valence-electron chi connectivity index (χ0n) is 14.9. The largest absolute Gasteiger partial charge is 0.459 e. The molecule has 6 nitrogen and oxygen atoms in total. The SMILES string of the molecule is CC1(C)CN(C(=O)c2cccc(NC(=O)c3ccco3)c2)CCC1N.Cl. The maximum Gasteiger partial charge on any atom is 0.291 e. The number of carbonyl (C=O) groups is 2. The van der Waals surface area contributed by atoms with Gasteiger partial charge in [0, 0.05) is 30.4 Å². The van der Waals surface area contributed by atoms with Gasteiger partial charge in [0.2, 0.25) is 0 Å². The van der Waals surface area contributed by atoms with Crippen LogP contribution in [0.1, 0.15) is 41.2 Å². The average molecular weight is 378 g/mol. The Balaban J connectivity index is 0.00000243. The standard InChI is InChI=1S/C19H23N3O3.ClH/c1-19(2)12-22(9-8-16(19)20)18(24)13-5-3-6-14(11-13)21-17(23)15-7-4-10-25-15;/h3-7,10-11,16H,8-9,12,20H2,1-2H3,(H,21,23);1H. The number of rotatable bonds is 3. The summed E-state index contributed by atoms with van der Waals surface area (Å²) in [7, 11) is 0. The molecule has 0 bridgehead atoms. The zero-order valence-corrected chi connectivity index (χ0v) is 15.7. The molecule has 1 saturated heterocycles. The van der Waals surface area contributed by atoms with Gasteiger partial charge < -0.3 is 20.4 Å². The van der Waals surface area contributed by atoms with Gasteiger partial charge in [-0.15, -0.1) is 12.4 Å². The van der Waals surface area contributed by atoms with Crippen molar-refractivity contribution in [2.24, 2.45) is 11.1 Å². The van der Waals surface area contributed by atoms with E-state index in [2.05, 4.69) is 19.2 Å². The van der Waals surface area contributed by atoms with Crippen LogP contribution in [0.3, 0.4) is 0 Å². The van der Waals surface area contributed by atoms with Crippen LogP contribution in [0.15, 0.2) is 47.1 Å². The van der Waals surface area contributed by atoms with Crippen molar-refractivity contribution in [3.63, 3.8) is 0 Å². The molecule has 1 unspecified atom stereocenters. The van der Waals surface area contributed by atoms with Gasteiger partial charge in [0.1, 0.15) is 0 Å². The van der Waals surface area contributed by atoms with Gasteiger partial charge in [-0.3, -0.25) is 9.59 Å². The van der Waals surface area contributed by atoms with Crippen molar-refractivity contribution in [3.05, 3.63) is 54.0 Å². The summed E-state index contributed by atoms with van der Waals surface area (Å²) in [5, 5.41) is 2.74. The molecule has 1 aromatic carbocycles. The van der Waals surface area contributed by atoms with E-state index in [1.165, 1.54) is 6.26 Å². The van der Waals surface area contributed by atoms with Gasteiger partial charge in [0.05, 0.1) is 6.26 Å². The predicted octanol–water partition coefficient (Wildman–Crippen LogP) is 3.15. The molecular formula is C19H24ClN3O3. The van der Waals surface area contributed by atoms with Crippen LogP contribution in [-0.2, 0) is 0 Å². The van der Waals surface area contributed by atoms with Gasteiger partial charge in [-0.25, -0.2) is 0 Å². The first-order valence-corrected chi connectivity index (χ1v) is 8.36. The second-order valence-electron chi connectivity index (χ2n) is 7.12.